The van der Waals surface area contributed by atoms with Crippen LogP contribution in [0.5, 0.6) is 0 Å². The fourth-order valence-corrected chi connectivity index (χ4v) is 6.90. The third-order valence-corrected chi connectivity index (χ3v) is 8.28. The summed E-state index contributed by atoms with van der Waals surface area (Å²) in [6, 6.07) is 10.7. The van der Waals surface area contributed by atoms with Gasteiger partial charge in [-0.3, -0.25) is 14.3 Å². The number of aromatic nitrogens is 2. The van der Waals surface area contributed by atoms with Crippen molar-refractivity contribution >= 4 is 8.53 Å². The van der Waals surface area contributed by atoms with E-state index in [4.69, 9.17) is 13.8 Å². The Morgan fingerprint density at radius 3 is 2.85 bits per heavy atom. The number of H-pyrrole nitrogens is 1. The molecule has 5 rings (SSSR count). The Balaban J connectivity index is 1.35. The number of benzene rings is 1. The summed E-state index contributed by atoms with van der Waals surface area (Å²) in [5.74, 6) is 5.45. The number of nitrogens with zero attached hydrogens (tertiary/aromatic N) is 2. The first kappa shape index (κ1) is 22.5. The molecule has 0 bridgehead atoms. The lowest BCUT2D eigenvalue weighted by Crippen LogP contribution is -2.33. The van der Waals surface area contributed by atoms with Gasteiger partial charge in [-0.2, -0.15) is 0 Å². The summed E-state index contributed by atoms with van der Waals surface area (Å²) in [6.45, 7) is 4.66. The summed E-state index contributed by atoms with van der Waals surface area (Å²) in [5.41, 5.74) is 0.430. The first-order valence-corrected chi connectivity index (χ1v) is 12.6. The van der Waals surface area contributed by atoms with Crippen LogP contribution in [0.25, 0.3) is 0 Å². The number of aromatic amines is 1. The van der Waals surface area contributed by atoms with Crippen molar-refractivity contribution < 1.29 is 13.8 Å². The van der Waals surface area contributed by atoms with Crippen LogP contribution in [0.4, 0.5) is 0 Å². The van der Waals surface area contributed by atoms with Crippen molar-refractivity contribution in [1.82, 2.24) is 14.2 Å². The molecule has 1 aromatic heterocycles. The average molecular weight is 469 g/mol. The molecule has 0 amide bonds. The molecule has 3 aliphatic rings. The van der Waals surface area contributed by atoms with E-state index in [1.165, 1.54) is 16.3 Å². The molecule has 2 aromatic rings. The minimum atomic E-state index is -1.22. The molecule has 4 heterocycles. The number of hydrogen-bond donors (Lipinski definition) is 1. The van der Waals surface area contributed by atoms with Gasteiger partial charge >= 0.3 is 5.69 Å². The molecule has 3 aliphatic heterocycles. The predicted molar refractivity (Wildman–Crippen MR) is 124 cm³/mol. The van der Waals surface area contributed by atoms with Gasteiger partial charge < -0.3 is 13.8 Å². The fraction of sp³-hybridized carbons (Fsp3) is 0.500. The Morgan fingerprint density at radius 1 is 1.27 bits per heavy atom. The lowest BCUT2D eigenvalue weighted by atomic mass is 10.0. The zero-order chi connectivity index (χ0) is 22.9. The lowest BCUT2D eigenvalue weighted by Gasteiger charge is -2.25. The van der Waals surface area contributed by atoms with Crippen LogP contribution >= 0.6 is 8.53 Å². The van der Waals surface area contributed by atoms with Gasteiger partial charge in [0.05, 0.1) is 12.2 Å². The molecule has 6 atom stereocenters. The lowest BCUT2D eigenvalue weighted by molar-refractivity contribution is -0.0189. The summed E-state index contributed by atoms with van der Waals surface area (Å²) in [5, 5.41) is 0. The number of rotatable bonds is 5. The maximum absolute atomic E-state index is 12.5. The summed E-state index contributed by atoms with van der Waals surface area (Å²) in [7, 11) is -1.22. The second-order valence-corrected chi connectivity index (χ2v) is 9.96. The van der Waals surface area contributed by atoms with Gasteiger partial charge in [-0.15, -0.1) is 5.92 Å². The quantitative estimate of drug-likeness (QED) is 0.533. The van der Waals surface area contributed by atoms with Crippen LogP contribution in [0.3, 0.4) is 0 Å². The standard InChI is InChI=1S/C24H28N3O5P/c1-3-9-17-15-26(24(29)25-23(17)28)21-14-20(19(4-2)30-21)31-33-27-13-8-12-18(27)22(32-33)16-10-6-5-7-11-16/h5-7,10-11,15,18-22H,4,8,12-14H2,1-2H3,(H,25,28,29)/t18-,19+,20?,21+,22+,33?/m0/s1. The highest BCUT2D eigenvalue weighted by Gasteiger charge is 2.49. The molecule has 1 N–H and O–H groups in total. The molecule has 3 fully saturated rings. The van der Waals surface area contributed by atoms with Gasteiger partial charge in [0.25, 0.3) is 14.1 Å². The average Bonchev–Trinajstić information content (AvgIpc) is 3.53. The van der Waals surface area contributed by atoms with E-state index >= 15 is 0 Å². The molecule has 33 heavy (non-hydrogen) atoms. The third kappa shape index (κ3) is 4.32. The SMILES string of the molecule is CC#Cc1cn([C@H]2CC(OP3O[C@H](c4ccccc4)[C@@H]4CCCN43)[C@@H](CC)O2)c(=O)[nH]c1=O. The van der Waals surface area contributed by atoms with Gasteiger partial charge in [0.1, 0.15) is 17.9 Å². The first-order valence-electron chi connectivity index (χ1n) is 11.5. The molecule has 8 nitrogen and oxygen atoms in total. The molecule has 0 spiro atoms. The Labute approximate surface area is 193 Å². The third-order valence-electron chi connectivity index (χ3n) is 6.51. The van der Waals surface area contributed by atoms with Crippen molar-refractivity contribution in [3.8, 4) is 11.8 Å². The van der Waals surface area contributed by atoms with Crippen LogP contribution in [-0.4, -0.2) is 39.0 Å². The summed E-state index contributed by atoms with van der Waals surface area (Å²) in [6.07, 6.45) is 4.06. The van der Waals surface area contributed by atoms with Crippen LogP contribution in [0.2, 0.25) is 0 Å². The molecule has 0 radical (unpaired) electrons. The van der Waals surface area contributed by atoms with E-state index < -0.39 is 26.0 Å². The molecular weight excluding hydrogens is 441 g/mol. The molecule has 2 unspecified atom stereocenters. The summed E-state index contributed by atoms with van der Waals surface area (Å²) < 4.78 is 23.0. The first-order chi connectivity index (χ1) is 16.1. The van der Waals surface area contributed by atoms with Crippen molar-refractivity contribution in [3.63, 3.8) is 0 Å². The summed E-state index contributed by atoms with van der Waals surface area (Å²) in [4.78, 5) is 26.8. The Hall–Kier alpha value is -2.27. The highest BCUT2D eigenvalue weighted by atomic mass is 31.2. The van der Waals surface area contributed by atoms with Crippen molar-refractivity contribution in [2.75, 3.05) is 6.54 Å². The van der Waals surface area contributed by atoms with Crippen molar-refractivity contribution in [2.45, 2.75) is 70.1 Å². The number of hydrogen-bond acceptors (Lipinski definition) is 6. The smallest absolute Gasteiger partial charge is 0.330 e. The van der Waals surface area contributed by atoms with Crippen molar-refractivity contribution in [1.29, 1.82) is 0 Å². The molecule has 9 heteroatoms. The zero-order valence-electron chi connectivity index (χ0n) is 18.8. The van der Waals surface area contributed by atoms with Crippen LogP contribution in [-0.2, 0) is 13.8 Å². The van der Waals surface area contributed by atoms with Crippen molar-refractivity contribution in [3.05, 3.63) is 68.5 Å². The van der Waals surface area contributed by atoms with Gasteiger partial charge in [0.15, 0.2) is 0 Å². The Kier molecular flexibility index (Phi) is 6.51. The van der Waals surface area contributed by atoms with Crippen LogP contribution in [0.1, 0.15) is 63.0 Å². The predicted octanol–water partition coefficient (Wildman–Crippen LogP) is 3.45. The maximum atomic E-state index is 12.5. The summed E-state index contributed by atoms with van der Waals surface area (Å²) >= 11 is 0. The minimum Gasteiger partial charge on any atom is -0.352 e. The van der Waals surface area contributed by atoms with E-state index in [2.05, 4.69) is 33.6 Å². The van der Waals surface area contributed by atoms with E-state index in [-0.39, 0.29) is 23.9 Å². The number of nitrogens with one attached hydrogen (secondary N) is 1. The largest absolute Gasteiger partial charge is 0.352 e. The van der Waals surface area contributed by atoms with Crippen LogP contribution in [0, 0.1) is 11.8 Å². The highest BCUT2D eigenvalue weighted by molar-refractivity contribution is 7.44. The van der Waals surface area contributed by atoms with Gasteiger partial charge in [0, 0.05) is 25.2 Å². The second kappa shape index (κ2) is 9.54. The normalized spacial score (nSPS) is 31.3. The van der Waals surface area contributed by atoms with Gasteiger partial charge in [0.2, 0.25) is 0 Å². The van der Waals surface area contributed by atoms with E-state index in [0.717, 1.165) is 25.8 Å². The van der Waals surface area contributed by atoms with Crippen LogP contribution in [0.15, 0.2) is 46.1 Å². The monoisotopic (exact) mass is 469 g/mol. The molecule has 3 saturated heterocycles. The zero-order valence-corrected chi connectivity index (χ0v) is 19.7. The minimum absolute atomic E-state index is 0.00926. The number of ether oxygens (including phenoxy) is 1. The van der Waals surface area contributed by atoms with Gasteiger partial charge in [-0.1, -0.05) is 43.2 Å². The van der Waals surface area contributed by atoms with Gasteiger partial charge in [-0.25, -0.2) is 9.46 Å². The Morgan fingerprint density at radius 2 is 2.09 bits per heavy atom. The second-order valence-electron chi connectivity index (χ2n) is 8.55. The highest BCUT2D eigenvalue weighted by Crippen LogP contribution is 2.61. The maximum Gasteiger partial charge on any atom is 0.330 e. The van der Waals surface area contributed by atoms with E-state index in [0.29, 0.717) is 12.5 Å². The van der Waals surface area contributed by atoms with Gasteiger partial charge in [-0.05, 0) is 31.7 Å². The molecule has 0 saturated carbocycles. The topological polar surface area (TPSA) is 85.8 Å². The fourth-order valence-electron chi connectivity index (χ4n) is 4.91. The molecule has 1 aromatic carbocycles. The van der Waals surface area contributed by atoms with E-state index in [1.807, 2.05) is 25.1 Å². The Bertz CT molecular complexity index is 1170. The van der Waals surface area contributed by atoms with E-state index in [1.54, 1.807) is 6.92 Å². The van der Waals surface area contributed by atoms with Crippen molar-refractivity contribution in [2.24, 2.45) is 0 Å². The molecular formula is C24H28N3O5P. The molecule has 174 valence electrons. The van der Waals surface area contributed by atoms with E-state index in [9.17, 15) is 9.59 Å². The molecule has 0 aliphatic carbocycles. The van der Waals surface area contributed by atoms with Crippen LogP contribution < -0.4 is 11.2 Å². The number of fused-ring (bicyclic) bond motifs is 1.